The van der Waals surface area contributed by atoms with Crippen LogP contribution in [0, 0.1) is 0 Å². The van der Waals surface area contributed by atoms with Gasteiger partial charge in [-0.05, 0) is 17.7 Å². The van der Waals surface area contributed by atoms with Crippen molar-refractivity contribution < 1.29 is 17.9 Å². The molecule has 3 rings (SSSR count). The molecule has 0 aliphatic heterocycles. The Bertz CT molecular complexity index is 861. The van der Waals surface area contributed by atoms with E-state index in [1.165, 1.54) is 11.7 Å². The summed E-state index contributed by atoms with van der Waals surface area (Å²) in [4.78, 5) is 7.60. The summed E-state index contributed by atoms with van der Waals surface area (Å²) in [5, 5.41) is -0.406. The fraction of sp³-hybridized carbons (Fsp3) is 0.200. The quantitative estimate of drug-likeness (QED) is 0.672. The molecule has 2 heterocycles. The predicted molar refractivity (Wildman–Crippen MR) is 79.6 cm³/mol. The lowest BCUT2D eigenvalue weighted by molar-refractivity contribution is -0.136. The lowest BCUT2D eigenvalue weighted by Crippen LogP contribution is -2.04. The second kappa shape index (κ2) is 5.73. The Balaban J connectivity index is 2.13. The van der Waals surface area contributed by atoms with Crippen LogP contribution in [0.1, 0.15) is 11.1 Å². The first kappa shape index (κ1) is 15.6. The van der Waals surface area contributed by atoms with Crippen LogP contribution in [0.15, 0.2) is 36.8 Å². The Morgan fingerprint density at radius 3 is 2.74 bits per heavy atom. The molecule has 0 bridgehead atoms. The highest BCUT2D eigenvalue weighted by Gasteiger charge is 2.36. The summed E-state index contributed by atoms with van der Waals surface area (Å²) in [7, 11) is 1.53. The number of hydrogen-bond acceptors (Lipinski definition) is 3. The predicted octanol–water partition coefficient (Wildman–Crippen LogP) is 4.16. The van der Waals surface area contributed by atoms with Crippen LogP contribution >= 0.6 is 11.6 Å². The first-order chi connectivity index (χ1) is 10.9. The average Bonchev–Trinajstić information content (AvgIpc) is 2.88. The SMILES string of the molecule is COc1cccc(Cn2cc(C(F)(F)F)c3c(Cl)ncnc32)c1. The van der Waals surface area contributed by atoms with Crippen molar-refractivity contribution in [3.63, 3.8) is 0 Å². The number of aromatic nitrogens is 3. The molecule has 2 aromatic heterocycles. The maximum atomic E-state index is 13.2. The summed E-state index contributed by atoms with van der Waals surface area (Å²) in [6.45, 7) is 0.205. The van der Waals surface area contributed by atoms with Crippen LogP contribution in [-0.2, 0) is 12.7 Å². The van der Waals surface area contributed by atoms with Crippen LogP contribution in [0.5, 0.6) is 5.75 Å². The van der Waals surface area contributed by atoms with E-state index in [2.05, 4.69) is 9.97 Å². The fourth-order valence-electron chi connectivity index (χ4n) is 2.39. The van der Waals surface area contributed by atoms with Gasteiger partial charge < -0.3 is 9.30 Å². The van der Waals surface area contributed by atoms with E-state index in [4.69, 9.17) is 16.3 Å². The van der Waals surface area contributed by atoms with Gasteiger partial charge in [-0.2, -0.15) is 13.2 Å². The van der Waals surface area contributed by atoms with Gasteiger partial charge in [0.1, 0.15) is 22.9 Å². The molecule has 0 amide bonds. The summed E-state index contributed by atoms with van der Waals surface area (Å²) in [5.41, 5.74) is 0.0749. The summed E-state index contributed by atoms with van der Waals surface area (Å²) in [5.74, 6) is 0.627. The van der Waals surface area contributed by atoms with E-state index in [0.29, 0.717) is 5.75 Å². The monoisotopic (exact) mass is 341 g/mol. The largest absolute Gasteiger partial charge is 0.497 e. The maximum Gasteiger partial charge on any atom is 0.418 e. The molecule has 120 valence electrons. The third-order valence-corrected chi connectivity index (χ3v) is 3.69. The topological polar surface area (TPSA) is 39.9 Å². The molecule has 0 fully saturated rings. The molecule has 0 aliphatic rings. The molecule has 0 N–H and O–H groups in total. The number of hydrogen-bond donors (Lipinski definition) is 0. The Morgan fingerprint density at radius 2 is 2.04 bits per heavy atom. The van der Waals surface area contributed by atoms with E-state index in [1.807, 2.05) is 0 Å². The van der Waals surface area contributed by atoms with Crippen molar-refractivity contribution in [2.24, 2.45) is 0 Å². The molecule has 0 spiro atoms. The second-order valence-corrected chi connectivity index (χ2v) is 5.24. The number of nitrogens with zero attached hydrogens (tertiary/aromatic N) is 3. The highest BCUT2D eigenvalue weighted by Crippen LogP contribution is 2.38. The molecule has 0 atom stereocenters. The molecule has 0 saturated carbocycles. The van der Waals surface area contributed by atoms with Crippen molar-refractivity contribution >= 4 is 22.6 Å². The van der Waals surface area contributed by atoms with Gasteiger partial charge in [-0.3, -0.25) is 0 Å². The van der Waals surface area contributed by atoms with E-state index in [0.717, 1.165) is 18.1 Å². The highest BCUT2D eigenvalue weighted by molar-refractivity contribution is 6.34. The van der Waals surface area contributed by atoms with Gasteiger partial charge in [0.25, 0.3) is 0 Å². The van der Waals surface area contributed by atoms with Gasteiger partial charge in [0.2, 0.25) is 0 Å². The number of rotatable bonds is 3. The first-order valence-electron chi connectivity index (χ1n) is 6.59. The van der Waals surface area contributed by atoms with Gasteiger partial charge in [0.05, 0.1) is 18.1 Å². The number of fused-ring (bicyclic) bond motifs is 1. The molecule has 0 unspecified atom stereocenters. The number of benzene rings is 1. The maximum absolute atomic E-state index is 13.2. The van der Waals surface area contributed by atoms with Gasteiger partial charge >= 0.3 is 6.18 Å². The molecule has 0 aliphatic carbocycles. The van der Waals surface area contributed by atoms with E-state index >= 15 is 0 Å². The average molecular weight is 342 g/mol. The zero-order chi connectivity index (χ0) is 16.6. The minimum absolute atomic E-state index is 0.139. The van der Waals surface area contributed by atoms with Crippen molar-refractivity contribution in [1.29, 1.82) is 0 Å². The van der Waals surface area contributed by atoms with Crippen molar-refractivity contribution in [3.8, 4) is 5.75 Å². The van der Waals surface area contributed by atoms with Gasteiger partial charge in [0.15, 0.2) is 0 Å². The first-order valence-corrected chi connectivity index (χ1v) is 6.97. The Hall–Kier alpha value is -2.28. The summed E-state index contributed by atoms with van der Waals surface area (Å²) < 4.78 is 46.2. The van der Waals surface area contributed by atoms with E-state index in [9.17, 15) is 13.2 Å². The van der Waals surface area contributed by atoms with Crippen molar-refractivity contribution in [1.82, 2.24) is 14.5 Å². The Labute approximate surface area is 134 Å². The van der Waals surface area contributed by atoms with Crippen molar-refractivity contribution in [3.05, 3.63) is 53.1 Å². The third-order valence-electron chi connectivity index (χ3n) is 3.40. The van der Waals surface area contributed by atoms with Gasteiger partial charge in [-0.1, -0.05) is 23.7 Å². The van der Waals surface area contributed by atoms with Gasteiger partial charge in [0, 0.05) is 12.7 Å². The Kier molecular flexibility index (Phi) is 3.89. The fourth-order valence-corrected chi connectivity index (χ4v) is 2.62. The third kappa shape index (κ3) is 2.96. The number of methoxy groups -OCH3 is 1. The van der Waals surface area contributed by atoms with Crippen molar-refractivity contribution in [2.75, 3.05) is 7.11 Å². The molecular weight excluding hydrogens is 331 g/mol. The van der Waals surface area contributed by atoms with Crippen LogP contribution in [-0.4, -0.2) is 21.6 Å². The van der Waals surface area contributed by atoms with Crippen LogP contribution in [0.3, 0.4) is 0 Å². The lowest BCUT2D eigenvalue weighted by Gasteiger charge is -2.07. The Morgan fingerprint density at radius 1 is 1.26 bits per heavy atom. The van der Waals surface area contributed by atoms with Crippen LogP contribution < -0.4 is 4.74 Å². The minimum Gasteiger partial charge on any atom is -0.497 e. The molecule has 1 aromatic carbocycles. The van der Waals surface area contributed by atoms with E-state index < -0.39 is 11.7 Å². The molecule has 0 saturated heterocycles. The van der Waals surface area contributed by atoms with E-state index in [-0.39, 0.29) is 22.7 Å². The smallest absolute Gasteiger partial charge is 0.418 e. The van der Waals surface area contributed by atoms with Gasteiger partial charge in [-0.15, -0.1) is 0 Å². The zero-order valence-corrected chi connectivity index (χ0v) is 12.7. The highest BCUT2D eigenvalue weighted by atomic mass is 35.5. The molecule has 8 heteroatoms. The number of ether oxygens (including phenoxy) is 1. The normalized spacial score (nSPS) is 11.9. The van der Waals surface area contributed by atoms with E-state index in [1.54, 1.807) is 24.3 Å². The van der Waals surface area contributed by atoms with Crippen LogP contribution in [0.25, 0.3) is 11.0 Å². The number of alkyl halides is 3. The second-order valence-electron chi connectivity index (χ2n) is 4.88. The van der Waals surface area contributed by atoms with Crippen LogP contribution in [0.2, 0.25) is 5.15 Å². The summed E-state index contributed by atoms with van der Waals surface area (Å²) in [6, 6.07) is 7.08. The molecular formula is C15H11ClF3N3O. The van der Waals surface area contributed by atoms with Crippen LogP contribution in [0.4, 0.5) is 13.2 Å². The molecule has 23 heavy (non-hydrogen) atoms. The summed E-state index contributed by atoms with van der Waals surface area (Å²) >= 11 is 5.85. The summed E-state index contributed by atoms with van der Waals surface area (Å²) in [6.07, 6.45) is -2.39. The number of halogens is 4. The molecule has 4 nitrogen and oxygen atoms in total. The van der Waals surface area contributed by atoms with Gasteiger partial charge in [-0.25, -0.2) is 9.97 Å². The minimum atomic E-state index is -4.54. The molecule has 3 aromatic rings. The molecule has 0 radical (unpaired) electrons. The lowest BCUT2D eigenvalue weighted by atomic mass is 10.2. The zero-order valence-electron chi connectivity index (χ0n) is 11.9. The van der Waals surface area contributed by atoms with Crippen molar-refractivity contribution in [2.45, 2.75) is 12.7 Å². The standard InChI is InChI=1S/C15H11ClF3N3O/c1-23-10-4-2-3-9(5-10)6-22-7-11(15(17,18)19)12-13(16)20-8-21-14(12)22/h2-5,7-8H,6H2,1H3.